The van der Waals surface area contributed by atoms with Crippen molar-refractivity contribution in [2.45, 2.75) is 0 Å². The van der Waals surface area contributed by atoms with Crippen molar-refractivity contribution in [2.24, 2.45) is 0 Å². The molecule has 4 aromatic rings. The van der Waals surface area contributed by atoms with Crippen molar-refractivity contribution >= 4 is 66.4 Å². The number of benzene rings is 4. The Kier molecular flexibility index (Phi) is 4.84. The van der Waals surface area contributed by atoms with Crippen molar-refractivity contribution in [1.29, 1.82) is 0 Å². The van der Waals surface area contributed by atoms with Gasteiger partial charge in [-0.1, -0.05) is 0 Å². The van der Waals surface area contributed by atoms with Crippen LogP contribution >= 0.6 is 41.3 Å². The van der Waals surface area contributed by atoms with Crippen LogP contribution in [0, 0.1) is 3.57 Å². The number of fused-ring (bicyclic) bond motifs is 3. The Bertz CT molecular complexity index is 1120. The normalized spacial score (nSPS) is 15.0. The zero-order valence-corrected chi connectivity index (χ0v) is 21.0. The van der Waals surface area contributed by atoms with E-state index in [1.165, 1.54) is 25.8 Å². The van der Waals surface area contributed by atoms with Gasteiger partial charge in [-0.15, -0.1) is 0 Å². The fraction of sp³-hybridized carbons (Fsp3) is 0. The Labute approximate surface area is 187 Å². The standard InChI is InChI=1S/C24H16I2Te/c25-21-13-5-1-9-17(21)18-10-2-6-14-22(18)27(26)23-15-7-3-11-19(23)20-12-4-8-16-24(20)27/h1-16H. The van der Waals surface area contributed by atoms with Gasteiger partial charge in [0.15, 0.2) is 0 Å². The zero-order chi connectivity index (χ0) is 18.4. The number of hydrogen-bond acceptors (Lipinski definition) is 0. The third-order valence-corrected chi connectivity index (χ3v) is 23.8. The van der Waals surface area contributed by atoms with Crippen LogP contribution in [0.4, 0.5) is 0 Å². The molecule has 0 fully saturated rings. The monoisotopic (exact) mass is 688 g/mol. The van der Waals surface area contributed by atoms with Crippen molar-refractivity contribution in [1.82, 2.24) is 0 Å². The number of hydrogen-bond donors (Lipinski definition) is 0. The van der Waals surface area contributed by atoms with E-state index in [2.05, 4.69) is 138 Å². The first-order valence-electron chi connectivity index (χ1n) is 8.77. The molecule has 0 amide bonds. The quantitative estimate of drug-likeness (QED) is 0.198. The molecule has 1 heterocycles. The Hall–Kier alpha value is -0.870. The topological polar surface area (TPSA) is 0 Å². The van der Waals surface area contributed by atoms with Gasteiger partial charge in [0.2, 0.25) is 0 Å². The summed E-state index contributed by atoms with van der Waals surface area (Å²) in [4.78, 5) is 0. The molecule has 0 atom stereocenters. The van der Waals surface area contributed by atoms with Gasteiger partial charge >= 0.3 is 189 Å². The first-order valence-corrected chi connectivity index (χ1v) is 20.1. The van der Waals surface area contributed by atoms with Gasteiger partial charge in [-0.3, -0.25) is 0 Å². The van der Waals surface area contributed by atoms with E-state index in [0.29, 0.717) is 0 Å². The second-order valence-corrected chi connectivity index (χ2v) is 23.4. The van der Waals surface area contributed by atoms with Crippen LogP contribution < -0.4 is 10.8 Å². The molecule has 5 rings (SSSR count). The molecule has 0 bridgehead atoms. The average molecular weight is 686 g/mol. The van der Waals surface area contributed by atoms with Crippen molar-refractivity contribution in [2.75, 3.05) is 0 Å². The zero-order valence-electron chi connectivity index (χ0n) is 14.4. The molecule has 0 aliphatic carbocycles. The maximum absolute atomic E-state index is 2.87. The van der Waals surface area contributed by atoms with E-state index in [4.69, 9.17) is 0 Å². The van der Waals surface area contributed by atoms with Gasteiger partial charge in [-0.2, -0.15) is 0 Å². The summed E-state index contributed by atoms with van der Waals surface area (Å²) in [7, 11) is 0. The fourth-order valence-electron chi connectivity index (χ4n) is 3.84. The van der Waals surface area contributed by atoms with Gasteiger partial charge in [0.25, 0.3) is 0 Å². The van der Waals surface area contributed by atoms with Crippen LogP contribution in [0.3, 0.4) is 0 Å². The summed E-state index contributed by atoms with van der Waals surface area (Å²) in [5.41, 5.74) is 5.60. The molecule has 0 nitrogen and oxygen atoms in total. The summed E-state index contributed by atoms with van der Waals surface area (Å²) in [6.07, 6.45) is 0. The Morgan fingerprint density at radius 1 is 0.444 bits per heavy atom. The summed E-state index contributed by atoms with van der Waals surface area (Å²) in [6, 6.07) is 35.9. The molecule has 1 aliphatic rings. The molecule has 3 heteroatoms. The molecule has 0 spiro atoms. The Morgan fingerprint density at radius 2 is 0.778 bits per heavy atom. The summed E-state index contributed by atoms with van der Waals surface area (Å²) in [5.74, 6) is 0. The Morgan fingerprint density at radius 3 is 1.22 bits per heavy atom. The van der Waals surface area contributed by atoms with E-state index in [-0.39, 0.29) is 0 Å². The van der Waals surface area contributed by atoms with Gasteiger partial charge in [0.1, 0.15) is 0 Å². The van der Waals surface area contributed by atoms with E-state index in [1.54, 1.807) is 10.8 Å². The molecule has 132 valence electrons. The molecule has 1 aliphatic heterocycles. The summed E-state index contributed by atoms with van der Waals surface area (Å²) >= 11 is 2.55. The summed E-state index contributed by atoms with van der Waals surface area (Å²) in [5, 5.41) is 0. The Balaban J connectivity index is 1.86. The van der Waals surface area contributed by atoms with Crippen molar-refractivity contribution in [3.05, 3.63) is 101 Å². The van der Waals surface area contributed by atoms with Crippen LogP contribution in [0.1, 0.15) is 0 Å². The van der Waals surface area contributed by atoms with Crippen LogP contribution in [0.2, 0.25) is 0 Å². The van der Waals surface area contributed by atoms with Gasteiger partial charge in [-0.25, -0.2) is 0 Å². The summed E-state index contributed by atoms with van der Waals surface area (Å²) in [6.45, 7) is 0. The van der Waals surface area contributed by atoms with Crippen LogP contribution in [-0.2, 0) is 0 Å². The molecule has 4 aromatic carbocycles. The fourth-order valence-corrected chi connectivity index (χ4v) is 20.7. The third kappa shape index (κ3) is 2.81. The molecular weight excluding hydrogens is 670 g/mol. The predicted molar refractivity (Wildman–Crippen MR) is 135 cm³/mol. The van der Waals surface area contributed by atoms with E-state index < -0.39 is 14.2 Å². The molecular formula is C24H16I2Te. The van der Waals surface area contributed by atoms with Gasteiger partial charge in [0, 0.05) is 0 Å². The molecule has 27 heavy (non-hydrogen) atoms. The molecule has 0 radical (unpaired) electrons. The predicted octanol–water partition coefficient (Wildman–Crippen LogP) is 5.34. The van der Waals surface area contributed by atoms with E-state index in [1.807, 2.05) is 0 Å². The number of halogens is 2. The van der Waals surface area contributed by atoms with E-state index in [0.717, 1.165) is 0 Å². The van der Waals surface area contributed by atoms with Crippen molar-refractivity contribution in [3.63, 3.8) is 0 Å². The molecule has 0 unspecified atom stereocenters. The van der Waals surface area contributed by atoms with E-state index in [9.17, 15) is 0 Å². The maximum atomic E-state index is 2.87. The van der Waals surface area contributed by atoms with Crippen molar-refractivity contribution in [3.8, 4) is 22.3 Å². The van der Waals surface area contributed by atoms with Crippen LogP contribution in [0.15, 0.2) is 97.1 Å². The molecule has 0 saturated heterocycles. The molecule has 0 N–H and O–H groups in total. The summed E-state index contributed by atoms with van der Waals surface area (Å²) < 4.78 is 5.99. The van der Waals surface area contributed by atoms with Crippen molar-refractivity contribution < 1.29 is 0 Å². The number of rotatable bonds is 2. The molecule has 0 saturated carbocycles. The van der Waals surface area contributed by atoms with Crippen LogP contribution in [0.25, 0.3) is 22.3 Å². The van der Waals surface area contributed by atoms with Crippen LogP contribution in [0.5, 0.6) is 0 Å². The minimum atomic E-state index is -2.78. The SMILES string of the molecule is Ic1ccccc1-c1ccccc1[Te]1(I)c2ccccc2-c2ccccc21. The first-order chi connectivity index (χ1) is 13.2. The second kappa shape index (κ2) is 7.18. The van der Waals surface area contributed by atoms with Gasteiger partial charge in [0.05, 0.1) is 0 Å². The van der Waals surface area contributed by atoms with Gasteiger partial charge in [-0.05, 0) is 0 Å². The average Bonchev–Trinajstić information content (AvgIpc) is 2.99. The van der Waals surface area contributed by atoms with Gasteiger partial charge < -0.3 is 0 Å². The van der Waals surface area contributed by atoms with Crippen LogP contribution in [-0.4, -0.2) is 14.2 Å². The third-order valence-electron chi connectivity index (χ3n) is 5.02. The second-order valence-electron chi connectivity index (χ2n) is 6.51. The first kappa shape index (κ1) is 18.2. The molecule has 0 aromatic heterocycles. The minimum absolute atomic E-state index is 1.31. The van der Waals surface area contributed by atoms with E-state index >= 15 is 0 Å².